The molecule has 5 nitrogen and oxygen atoms in total. The molecule has 2 amide bonds. The molecular weight excluding hydrogens is 326 g/mol. The summed E-state index contributed by atoms with van der Waals surface area (Å²) >= 11 is 0. The van der Waals surface area contributed by atoms with Crippen molar-refractivity contribution in [3.63, 3.8) is 0 Å². The summed E-state index contributed by atoms with van der Waals surface area (Å²) in [5, 5.41) is 2.89. The summed E-state index contributed by atoms with van der Waals surface area (Å²) in [4.78, 5) is 26.4. The fraction of sp³-hybridized carbons (Fsp3) is 0.556. The van der Waals surface area contributed by atoms with E-state index < -0.39 is 6.04 Å². The minimum Gasteiger partial charge on any atom is -0.344 e. The molecule has 1 aliphatic heterocycles. The number of rotatable bonds is 8. The van der Waals surface area contributed by atoms with Crippen molar-refractivity contribution in [2.24, 2.45) is 5.73 Å². The highest BCUT2D eigenvalue weighted by atomic mass is 35.5. The maximum atomic E-state index is 12.6. The molecule has 1 aliphatic rings. The maximum Gasteiger partial charge on any atom is 0.249 e. The number of benzene rings is 1. The number of unbranched alkanes of at least 4 members (excludes halogenated alkanes) is 3. The van der Waals surface area contributed by atoms with Crippen LogP contribution < -0.4 is 16.0 Å². The molecule has 134 valence electrons. The van der Waals surface area contributed by atoms with Gasteiger partial charge in [-0.15, -0.1) is 12.4 Å². The Bertz CT molecular complexity index is 524. The van der Waals surface area contributed by atoms with Crippen LogP contribution in [0.2, 0.25) is 0 Å². The molecule has 0 aromatic heterocycles. The van der Waals surface area contributed by atoms with Crippen LogP contribution in [0.15, 0.2) is 30.3 Å². The van der Waals surface area contributed by atoms with E-state index in [1.165, 1.54) is 0 Å². The predicted octanol–water partition coefficient (Wildman–Crippen LogP) is 2.63. The van der Waals surface area contributed by atoms with E-state index in [0.29, 0.717) is 19.4 Å². The molecular formula is C18H28ClN3O2. The van der Waals surface area contributed by atoms with Gasteiger partial charge in [-0.1, -0.05) is 31.0 Å². The largest absolute Gasteiger partial charge is 0.344 e. The van der Waals surface area contributed by atoms with E-state index in [9.17, 15) is 9.59 Å². The second kappa shape index (κ2) is 10.3. The van der Waals surface area contributed by atoms with Crippen molar-refractivity contribution in [2.75, 3.05) is 11.4 Å². The number of carbonyl (C=O) groups excluding carboxylic acids is 2. The van der Waals surface area contributed by atoms with E-state index in [-0.39, 0.29) is 30.3 Å². The van der Waals surface area contributed by atoms with Gasteiger partial charge in [-0.05, 0) is 44.9 Å². The lowest BCUT2D eigenvalue weighted by Gasteiger charge is -2.21. The summed E-state index contributed by atoms with van der Waals surface area (Å²) < 4.78 is 0. The number of hydrogen-bond acceptors (Lipinski definition) is 3. The fourth-order valence-electron chi connectivity index (χ4n) is 3.07. The summed E-state index contributed by atoms with van der Waals surface area (Å²) in [6.07, 6.45) is 5.07. The third-order valence-corrected chi connectivity index (χ3v) is 4.28. The molecule has 0 spiro atoms. The number of carbonyl (C=O) groups is 2. The highest BCUT2D eigenvalue weighted by Crippen LogP contribution is 2.26. The molecule has 2 atom stereocenters. The Morgan fingerprint density at radius 2 is 1.88 bits per heavy atom. The lowest BCUT2D eigenvalue weighted by atomic mass is 10.1. The summed E-state index contributed by atoms with van der Waals surface area (Å²) in [5.74, 6) is -0.0432. The normalized spacial score (nSPS) is 19.9. The minimum atomic E-state index is -0.401. The zero-order chi connectivity index (χ0) is 16.7. The van der Waals surface area contributed by atoms with E-state index >= 15 is 0 Å². The number of amides is 2. The van der Waals surface area contributed by atoms with Crippen molar-refractivity contribution in [3.8, 4) is 0 Å². The summed E-state index contributed by atoms with van der Waals surface area (Å²) in [7, 11) is 0. The summed E-state index contributed by atoms with van der Waals surface area (Å²) in [6.45, 7) is 2.72. The fourth-order valence-corrected chi connectivity index (χ4v) is 3.07. The zero-order valence-electron chi connectivity index (χ0n) is 14.2. The third-order valence-electron chi connectivity index (χ3n) is 4.28. The van der Waals surface area contributed by atoms with Gasteiger partial charge in [-0.2, -0.15) is 0 Å². The van der Waals surface area contributed by atoms with Crippen LogP contribution in [0.1, 0.15) is 45.4 Å². The van der Waals surface area contributed by atoms with Gasteiger partial charge in [-0.25, -0.2) is 0 Å². The van der Waals surface area contributed by atoms with E-state index in [0.717, 1.165) is 31.4 Å². The molecule has 3 N–H and O–H groups in total. The first kappa shape index (κ1) is 20.5. The lowest BCUT2D eigenvalue weighted by Crippen LogP contribution is -2.41. The second-order valence-corrected chi connectivity index (χ2v) is 6.20. The Kier molecular flexibility index (Phi) is 8.79. The smallest absolute Gasteiger partial charge is 0.249 e. The SMILES string of the molecule is CC1CC(NC(=O)CCCCCCN)C(=O)N1c1ccccc1.Cl. The van der Waals surface area contributed by atoms with Crippen molar-refractivity contribution in [1.82, 2.24) is 5.32 Å². The standard InChI is InChI=1S/C18H27N3O2.ClH/c1-14-13-16(20-17(22)11-7-2-3-8-12-19)18(23)21(14)15-9-5-4-6-10-15;/h4-6,9-10,14,16H,2-3,7-8,11-13,19H2,1H3,(H,20,22);1H. The van der Waals surface area contributed by atoms with Crippen LogP contribution in [0.3, 0.4) is 0 Å². The van der Waals surface area contributed by atoms with Crippen LogP contribution in [0.25, 0.3) is 0 Å². The number of halogens is 1. The van der Waals surface area contributed by atoms with Crippen molar-refractivity contribution < 1.29 is 9.59 Å². The van der Waals surface area contributed by atoms with Crippen LogP contribution in [0.5, 0.6) is 0 Å². The van der Waals surface area contributed by atoms with Gasteiger partial charge in [-0.3, -0.25) is 9.59 Å². The Balaban J connectivity index is 0.00000288. The van der Waals surface area contributed by atoms with Crippen molar-refractivity contribution in [1.29, 1.82) is 0 Å². The first-order chi connectivity index (χ1) is 11.1. The molecule has 1 aromatic carbocycles. The Morgan fingerprint density at radius 3 is 2.54 bits per heavy atom. The molecule has 1 fully saturated rings. The molecule has 6 heteroatoms. The van der Waals surface area contributed by atoms with Gasteiger partial charge in [0.2, 0.25) is 11.8 Å². The average Bonchev–Trinajstić information content (AvgIpc) is 2.82. The predicted molar refractivity (Wildman–Crippen MR) is 99.3 cm³/mol. The molecule has 0 bridgehead atoms. The Hall–Kier alpha value is -1.59. The number of para-hydroxylation sites is 1. The summed E-state index contributed by atoms with van der Waals surface area (Å²) in [5.41, 5.74) is 6.34. The number of hydrogen-bond donors (Lipinski definition) is 2. The first-order valence-corrected chi connectivity index (χ1v) is 8.51. The van der Waals surface area contributed by atoms with Gasteiger partial charge in [0, 0.05) is 18.2 Å². The molecule has 1 heterocycles. The maximum absolute atomic E-state index is 12.6. The monoisotopic (exact) mass is 353 g/mol. The Labute approximate surface area is 150 Å². The molecule has 24 heavy (non-hydrogen) atoms. The number of nitrogens with one attached hydrogen (secondary N) is 1. The lowest BCUT2D eigenvalue weighted by molar-refractivity contribution is -0.126. The third kappa shape index (κ3) is 5.49. The molecule has 1 aromatic rings. The van der Waals surface area contributed by atoms with E-state index in [2.05, 4.69) is 5.32 Å². The first-order valence-electron chi connectivity index (χ1n) is 8.51. The minimum absolute atomic E-state index is 0. The topological polar surface area (TPSA) is 75.4 Å². The van der Waals surface area contributed by atoms with Crippen molar-refractivity contribution in [3.05, 3.63) is 30.3 Å². The van der Waals surface area contributed by atoms with E-state index in [1.807, 2.05) is 37.3 Å². The number of anilines is 1. The molecule has 0 radical (unpaired) electrons. The van der Waals surface area contributed by atoms with Crippen molar-refractivity contribution in [2.45, 2.75) is 57.5 Å². The van der Waals surface area contributed by atoms with E-state index in [1.54, 1.807) is 4.90 Å². The second-order valence-electron chi connectivity index (χ2n) is 6.20. The van der Waals surface area contributed by atoms with Gasteiger partial charge in [0.05, 0.1) is 0 Å². The van der Waals surface area contributed by atoms with Crippen LogP contribution in [-0.2, 0) is 9.59 Å². The summed E-state index contributed by atoms with van der Waals surface area (Å²) in [6, 6.07) is 9.32. The van der Waals surface area contributed by atoms with Gasteiger partial charge < -0.3 is 16.0 Å². The van der Waals surface area contributed by atoms with E-state index in [4.69, 9.17) is 5.73 Å². The highest BCUT2D eigenvalue weighted by Gasteiger charge is 2.38. The van der Waals surface area contributed by atoms with Crippen molar-refractivity contribution >= 4 is 29.9 Å². The van der Waals surface area contributed by atoms with Gasteiger partial charge in [0.25, 0.3) is 0 Å². The average molecular weight is 354 g/mol. The zero-order valence-corrected chi connectivity index (χ0v) is 15.1. The van der Waals surface area contributed by atoms with Gasteiger partial charge >= 0.3 is 0 Å². The Morgan fingerprint density at radius 1 is 1.21 bits per heavy atom. The molecule has 0 saturated carbocycles. The quantitative estimate of drug-likeness (QED) is 0.705. The van der Waals surface area contributed by atoms with Gasteiger partial charge in [0.15, 0.2) is 0 Å². The molecule has 2 rings (SSSR count). The molecule has 1 saturated heterocycles. The number of nitrogens with zero attached hydrogens (tertiary/aromatic N) is 1. The van der Waals surface area contributed by atoms with Crippen LogP contribution in [0.4, 0.5) is 5.69 Å². The van der Waals surface area contributed by atoms with Crippen LogP contribution in [0, 0.1) is 0 Å². The van der Waals surface area contributed by atoms with Gasteiger partial charge in [0.1, 0.15) is 6.04 Å². The van der Waals surface area contributed by atoms with Crippen LogP contribution >= 0.6 is 12.4 Å². The molecule has 2 unspecified atom stereocenters. The number of nitrogens with two attached hydrogens (primary N) is 1. The highest BCUT2D eigenvalue weighted by molar-refractivity contribution is 6.01. The van der Waals surface area contributed by atoms with Crippen LogP contribution in [-0.4, -0.2) is 30.4 Å². The molecule has 0 aliphatic carbocycles.